The minimum absolute atomic E-state index is 0.0167. The van der Waals surface area contributed by atoms with Crippen molar-refractivity contribution < 1.29 is 18.7 Å². The van der Waals surface area contributed by atoms with Crippen LogP contribution in [0, 0.1) is 11.7 Å². The van der Waals surface area contributed by atoms with Gasteiger partial charge in [-0.25, -0.2) is 4.39 Å². The molecule has 0 radical (unpaired) electrons. The van der Waals surface area contributed by atoms with Gasteiger partial charge < -0.3 is 14.8 Å². The number of fused-ring (bicyclic) bond motifs is 1. The van der Waals surface area contributed by atoms with Gasteiger partial charge >= 0.3 is 0 Å². The van der Waals surface area contributed by atoms with Crippen LogP contribution in [0.4, 0.5) is 4.39 Å². The molecule has 3 aliphatic rings. The van der Waals surface area contributed by atoms with E-state index in [4.69, 9.17) is 9.47 Å². The topological polar surface area (TPSA) is 50.8 Å². The number of benzene rings is 1. The molecular formula is C18H23FN2O3. The number of rotatable bonds is 4. The van der Waals surface area contributed by atoms with Crippen LogP contribution < -0.4 is 10.1 Å². The zero-order valence-electron chi connectivity index (χ0n) is 13.8. The van der Waals surface area contributed by atoms with E-state index < -0.39 is 11.7 Å². The highest BCUT2D eigenvalue weighted by atomic mass is 19.1. The van der Waals surface area contributed by atoms with Crippen LogP contribution in [0.1, 0.15) is 29.6 Å². The predicted molar refractivity (Wildman–Crippen MR) is 86.6 cm³/mol. The summed E-state index contributed by atoms with van der Waals surface area (Å²) < 4.78 is 25.1. The van der Waals surface area contributed by atoms with Gasteiger partial charge in [-0.1, -0.05) is 6.07 Å². The minimum atomic E-state index is -0.556. The Hall–Kier alpha value is -1.66. The Morgan fingerprint density at radius 2 is 2.21 bits per heavy atom. The van der Waals surface area contributed by atoms with Crippen LogP contribution in [0.15, 0.2) is 18.2 Å². The lowest BCUT2D eigenvalue weighted by atomic mass is 10.1. The Morgan fingerprint density at radius 3 is 2.96 bits per heavy atom. The van der Waals surface area contributed by atoms with Crippen molar-refractivity contribution in [3.63, 3.8) is 0 Å². The zero-order chi connectivity index (χ0) is 16.7. The molecule has 0 unspecified atom stereocenters. The van der Waals surface area contributed by atoms with Crippen molar-refractivity contribution in [2.75, 3.05) is 26.8 Å². The second kappa shape index (κ2) is 6.33. The van der Waals surface area contributed by atoms with Crippen LogP contribution in [0.2, 0.25) is 0 Å². The van der Waals surface area contributed by atoms with E-state index >= 15 is 0 Å². The molecule has 0 spiro atoms. The molecule has 3 atom stereocenters. The van der Waals surface area contributed by atoms with Crippen LogP contribution in [-0.4, -0.2) is 55.8 Å². The first kappa shape index (κ1) is 15.8. The molecule has 4 rings (SSSR count). The summed E-state index contributed by atoms with van der Waals surface area (Å²) >= 11 is 0. The standard InChI is InChI=1S/C18H23FN2O3/c1-23-15-4-2-3-14(19)17(15)18(22)20-12-7-13-10-24-16(11-5-6-11)9-21(13)8-12/h2-4,11-13,16H,5-10H2,1H3,(H,20,22)/t12-,13-,16+/m0/s1. The molecular weight excluding hydrogens is 311 g/mol. The van der Waals surface area contributed by atoms with E-state index in [0.29, 0.717) is 12.1 Å². The van der Waals surface area contributed by atoms with Gasteiger partial charge in [-0.3, -0.25) is 9.69 Å². The number of ether oxygens (including phenoxy) is 2. The van der Waals surface area contributed by atoms with E-state index in [0.717, 1.165) is 32.0 Å². The van der Waals surface area contributed by atoms with E-state index in [1.54, 1.807) is 6.07 Å². The third-order valence-corrected chi connectivity index (χ3v) is 5.35. The molecule has 1 aliphatic carbocycles. The molecule has 1 amide bonds. The molecule has 0 aromatic heterocycles. The normalized spacial score (nSPS) is 30.0. The van der Waals surface area contributed by atoms with Gasteiger partial charge in [0.15, 0.2) is 0 Å². The quantitative estimate of drug-likeness (QED) is 0.912. The largest absolute Gasteiger partial charge is 0.496 e. The zero-order valence-corrected chi connectivity index (χ0v) is 13.8. The van der Waals surface area contributed by atoms with Crippen molar-refractivity contribution >= 4 is 5.91 Å². The maximum Gasteiger partial charge on any atom is 0.258 e. The number of halogens is 1. The average Bonchev–Trinajstić information content (AvgIpc) is 3.34. The van der Waals surface area contributed by atoms with Crippen LogP contribution >= 0.6 is 0 Å². The highest BCUT2D eigenvalue weighted by Crippen LogP contribution is 2.38. The van der Waals surface area contributed by atoms with Crippen molar-refractivity contribution in [1.29, 1.82) is 0 Å². The SMILES string of the molecule is COc1cccc(F)c1C(=O)N[C@H]1C[C@H]2CO[C@@H](C3CC3)CN2C1. The molecule has 2 saturated heterocycles. The molecule has 1 saturated carbocycles. The van der Waals surface area contributed by atoms with Crippen LogP contribution in [0.5, 0.6) is 5.75 Å². The van der Waals surface area contributed by atoms with E-state index in [2.05, 4.69) is 10.2 Å². The molecule has 0 bridgehead atoms. The van der Waals surface area contributed by atoms with Crippen molar-refractivity contribution in [3.05, 3.63) is 29.6 Å². The summed E-state index contributed by atoms with van der Waals surface area (Å²) in [6.07, 6.45) is 3.74. The third kappa shape index (κ3) is 3.00. The van der Waals surface area contributed by atoms with E-state index in [1.165, 1.54) is 32.1 Å². The Balaban J connectivity index is 1.40. The molecule has 5 nitrogen and oxygen atoms in total. The van der Waals surface area contributed by atoms with Gasteiger partial charge in [0.05, 0.1) is 19.8 Å². The first-order valence-corrected chi connectivity index (χ1v) is 8.64. The number of nitrogens with zero attached hydrogens (tertiary/aromatic N) is 1. The fourth-order valence-electron chi connectivity index (χ4n) is 3.91. The second-order valence-electron chi connectivity index (χ2n) is 7.04. The molecule has 2 heterocycles. The predicted octanol–water partition coefficient (Wildman–Crippen LogP) is 1.82. The Bertz CT molecular complexity index is 635. The number of hydrogen-bond donors (Lipinski definition) is 1. The molecule has 130 valence electrons. The number of amides is 1. The number of hydrogen-bond acceptors (Lipinski definition) is 4. The molecule has 3 fully saturated rings. The van der Waals surface area contributed by atoms with Crippen molar-refractivity contribution in [1.82, 2.24) is 10.2 Å². The fourth-order valence-corrected chi connectivity index (χ4v) is 3.91. The van der Waals surface area contributed by atoms with E-state index in [9.17, 15) is 9.18 Å². The Kier molecular flexibility index (Phi) is 4.18. The van der Waals surface area contributed by atoms with Gasteiger partial charge in [-0.05, 0) is 37.3 Å². The first-order valence-electron chi connectivity index (χ1n) is 8.64. The Morgan fingerprint density at radius 1 is 1.38 bits per heavy atom. The van der Waals surface area contributed by atoms with Crippen molar-refractivity contribution in [3.8, 4) is 5.75 Å². The maximum atomic E-state index is 14.0. The van der Waals surface area contributed by atoms with Crippen LogP contribution in [0.3, 0.4) is 0 Å². The lowest BCUT2D eigenvalue weighted by molar-refractivity contribution is -0.0581. The van der Waals surface area contributed by atoms with Crippen molar-refractivity contribution in [2.24, 2.45) is 5.92 Å². The van der Waals surface area contributed by atoms with Crippen LogP contribution in [0.25, 0.3) is 0 Å². The molecule has 1 N–H and O–H groups in total. The number of carbonyl (C=O) groups excluding carboxylic acids is 1. The fraction of sp³-hybridized carbons (Fsp3) is 0.611. The van der Waals surface area contributed by atoms with Gasteiger partial charge in [-0.2, -0.15) is 0 Å². The lowest BCUT2D eigenvalue weighted by Gasteiger charge is -2.35. The summed E-state index contributed by atoms with van der Waals surface area (Å²) in [7, 11) is 1.44. The smallest absolute Gasteiger partial charge is 0.258 e. The molecule has 2 aliphatic heterocycles. The molecule has 1 aromatic rings. The molecule has 24 heavy (non-hydrogen) atoms. The van der Waals surface area contributed by atoms with Gasteiger partial charge in [-0.15, -0.1) is 0 Å². The maximum absolute atomic E-state index is 14.0. The van der Waals surface area contributed by atoms with Crippen molar-refractivity contribution in [2.45, 2.75) is 37.5 Å². The van der Waals surface area contributed by atoms with E-state index in [1.807, 2.05) is 0 Å². The van der Waals surface area contributed by atoms with E-state index in [-0.39, 0.29) is 17.4 Å². The summed E-state index contributed by atoms with van der Waals surface area (Å²) in [5.74, 6) is 0.0248. The highest BCUT2D eigenvalue weighted by molar-refractivity contribution is 5.97. The summed E-state index contributed by atoms with van der Waals surface area (Å²) in [6.45, 7) is 2.49. The first-order chi connectivity index (χ1) is 11.7. The number of carbonyl (C=O) groups is 1. The minimum Gasteiger partial charge on any atom is -0.496 e. The molecule has 6 heteroatoms. The third-order valence-electron chi connectivity index (χ3n) is 5.35. The summed E-state index contributed by atoms with van der Waals surface area (Å²) in [4.78, 5) is 14.9. The summed E-state index contributed by atoms with van der Waals surface area (Å²) in [5.41, 5.74) is -0.0167. The second-order valence-corrected chi connectivity index (χ2v) is 7.04. The van der Waals surface area contributed by atoms with Gasteiger partial charge in [0.2, 0.25) is 0 Å². The van der Waals surface area contributed by atoms with Crippen LogP contribution in [-0.2, 0) is 4.74 Å². The summed E-state index contributed by atoms with van der Waals surface area (Å²) in [5, 5.41) is 2.97. The number of methoxy groups -OCH3 is 1. The monoisotopic (exact) mass is 334 g/mol. The molecule has 1 aromatic carbocycles. The van der Waals surface area contributed by atoms with Gasteiger partial charge in [0.25, 0.3) is 5.91 Å². The Labute approximate surface area is 141 Å². The number of morpholine rings is 1. The average molecular weight is 334 g/mol. The highest BCUT2D eigenvalue weighted by Gasteiger charge is 2.42. The van der Waals surface area contributed by atoms with Gasteiger partial charge in [0, 0.05) is 25.2 Å². The van der Waals surface area contributed by atoms with Gasteiger partial charge in [0.1, 0.15) is 17.1 Å². The number of nitrogens with one attached hydrogen (secondary N) is 1. The lowest BCUT2D eigenvalue weighted by Crippen LogP contribution is -2.47. The summed E-state index contributed by atoms with van der Waals surface area (Å²) in [6, 6.07) is 4.80.